The molecule has 298 valence electrons. The van der Waals surface area contributed by atoms with E-state index in [0.29, 0.717) is 25.9 Å². The van der Waals surface area contributed by atoms with Crippen molar-refractivity contribution in [2.75, 3.05) is 39.8 Å². The van der Waals surface area contributed by atoms with Crippen LogP contribution in [0, 0.1) is 22.7 Å². The molecule has 2 fully saturated rings. The van der Waals surface area contributed by atoms with E-state index in [1.165, 1.54) is 26.6 Å². The summed E-state index contributed by atoms with van der Waals surface area (Å²) in [5, 5.41) is 11.1. The highest BCUT2D eigenvalue weighted by Crippen LogP contribution is 2.34. The van der Waals surface area contributed by atoms with Gasteiger partial charge in [0.05, 0.1) is 6.04 Å². The molecule has 0 aromatic rings. The van der Waals surface area contributed by atoms with Gasteiger partial charge in [0.1, 0.15) is 12.1 Å². The lowest BCUT2D eigenvalue weighted by molar-refractivity contribution is -0.144. The minimum absolute atomic E-state index is 0.0179. The predicted octanol–water partition coefficient (Wildman–Crippen LogP) is 3.20. The Morgan fingerprint density at radius 2 is 1.54 bits per heavy atom. The van der Waals surface area contributed by atoms with Crippen molar-refractivity contribution >= 4 is 39.7 Å². The maximum absolute atomic E-state index is 14.5. The largest absolute Gasteiger partial charge is 0.346 e. The van der Waals surface area contributed by atoms with Gasteiger partial charge in [-0.05, 0) is 48.3 Å². The molecule has 1 unspecified atom stereocenters. The number of ketones is 1. The van der Waals surface area contributed by atoms with Crippen LogP contribution in [0.5, 0.6) is 0 Å². The van der Waals surface area contributed by atoms with Gasteiger partial charge in [0, 0.05) is 45.8 Å². The van der Waals surface area contributed by atoms with Gasteiger partial charge in [0.25, 0.3) is 16.1 Å². The van der Waals surface area contributed by atoms with Crippen LogP contribution < -0.4 is 21.3 Å². The lowest BCUT2D eigenvalue weighted by Gasteiger charge is -2.39. The van der Waals surface area contributed by atoms with Crippen molar-refractivity contribution in [3.63, 3.8) is 0 Å². The average molecular weight is 754 g/mol. The molecule has 0 aliphatic carbocycles. The van der Waals surface area contributed by atoms with E-state index in [-0.39, 0.29) is 37.9 Å². The fraction of sp³-hybridized carbons (Fsp3) is 0.811. The molecule has 4 N–H and O–H groups in total. The molecule has 52 heavy (non-hydrogen) atoms. The first-order valence-corrected chi connectivity index (χ1v) is 20.3. The molecule has 0 bridgehead atoms. The highest BCUT2D eigenvalue weighted by atomic mass is 32.2. The lowest BCUT2D eigenvalue weighted by atomic mass is 9.84. The second-order valence-corrected chi connectivity index (χ2v) is 18.9. The lowest BCUT2D eigenvalue weighted by Crippen LogP contribution is -2.62. The van der Waals surface area contributed by atoms with Gasteiger partial charge >= 0.3 is 6.03 Å². The van der Waals surface area contributed by atoms with Crippen LogP contribution in [0.1, 0.15) is 107 Å². The molecule has 2 rings (SSSR count). The van der Waals surface area contributed by atoms with Crippen molar-refractivity contribution < 1.29 is 32.4 Å². The Labute approximate surface area is 312 Å². The Kier molecular flexibility index (Phi) is 16.8. The van der Waals surface area contributed by atoms with E-state index in [1.807, 2.05) is 62.3 Å². The molecule has 5 amide bonds. The highest BCUT2D eigenvalue weighted by Gasteiger charge is 2.48. The number of hydrogen-bond donors (Lipinski definition) is 4. The fourth-order valence-corrected chi connectivity index (χ4v) is 8.22. The summed E-state index contributed by atoms with van der Waals surface area (Å²) < 4.78 is 29.5. The maximum Gasteiger partial charge on any atom is 0.315 e. The molecule has 2 aliphatic heterocycles. The van der Waals surface area contributed by atoms with E-state index in [4.69, 9.17) is 0 Å². The van der Waals surface area contributed by atoms with Crippen LogP contribution in [0.2, 0.25) is 0 Å². The number of likely N-dealkylation sites (N-methyl/N-ethyl adjacent to an activating group) is 1. The van der Waals surface area contributed by atoms with Crippen LogP contribution in [-0.2, 0) is 29.4 Å². The van der Waals surface area contributed by atoms with E-state index in [1.54, 1.807) is 0 Å². The molecule has 2 aliphatic rings. The molecule has 5 atom stereocenters. The Hall–Kier alpha value is -3.04. The van der Waals surface area contributed by atoms with Crippen LogP contribution >= 0.6 is 0 Å². The van der Waals surface area contributed by atoms with Gasteiger partial charge in [0.2, 0.25) is 17.6 Å². The Morgan fingerprint density at radius 1 is 0.923 bits per heavy atom. The van der Waals surface area contributed by atoms with Gasteiger partial charge in [-0.1, -0.05) is 87.7 Å². The van der Waals surface area contributed by atoms with E-state index in [2.05, 4.69) is 27.8 Å². The monoisotopic (exact) mass is 753 g/mol. The molecular weight excluding hydrogens is 687 g/mol. The minimum atomic E-state index is -3.73. The normalized spacial score (nSPS) is 20.6. The fourth-order valence-electron chi connectivity index (χ4n) is 6.77. The number of unbranched alkanes of at least 4 members (excludes halogenated alkanes) is 1. The number of rotatable bonds is 17. The summed E-state index contributed by atoms with van der Waals surface area (Å²) in [6, 6.07) is -4.27. The summed E-state index contributed by atoms with van der Waals surface area (Å²) in [7, 11) is -2.21. The SMILES string of the molecule is C=CCNC(=O)C(=O)C(CCCC)NC(=O)[C@@H]1[C@@H](C(C)C)CCN1C(=O)[C@@H](NC(=O)N[C@H](CN(C)S(=O)(=O)N1CCCCC1)C(C)(C)C)C(C)(C)C. The van der Waals surface area contributed by atoms with E-state index < -0.39 is 74.7 Å². The van der Waals surface area contributed by atoms with Gasteiger partial charge in [-0.2, -0.15) is 17.0 Å². The van der Waals surface area contributed by atoms with Gasteiger partial charge in [0.15, 0.2) is 0 Å². The van der Waals surface area contributed by atoms with Crippen LogP contribution in [-0.4, -0.2) is 115 Å². The third-order valence-corrected chi connectivity index (χ3v) is 12.1. The molecule has 0 aromatic heterocycles. The molecule has 2 saturated heterocycles. The zero-order chi connectivity index (χ0) is 39.6. The van der Waals surface area contributed by atoms with Crippen molar-refractivity contribution in [3.8, 4) is 0 Å². The predicted molar refractivity (Wildman–Crippen MR) is 203 cm³/mol. The van der Waals surface area contributed by atoms with Crippen LogP contribution in [0.3, 0.4) is 0 Å². The van der Waals surface area contributed by atoms with Crippen LogP contribution in [0.25, 0.3) is 0 Å². The third kappa shape index (κ3) is 12.3. The molecule has 2 heterocycles. The van der Waals surface area contributed by atoms with Crippen molar-refractivity contribution in [2.24, 2.45) is 22.7 Å². The first kappa shape index (κ1) is 45.1. The molecule has 0 saturated carbocycles. The number of hydrogen-bond acceptors (Lipinski definition) is 7. The molecule has 0 spiro atoms. The molecular formula is C37H67N7O7S. The zero-order valence-corrected chi connectivity index (χ0v) is 34.2. The Morgan fingerprint density at radius 3 is 2.06 bits per heavy atom. The Bertz CT molecular complexity index is 1370. The second kappa shape index (κ2) is 19.3. The summed E-state index contributed by atoms with van der Waals surface area (Å²) in [4.78, 5) is 69.5. The Balaban J connectivity index is 2.33. The molecule has 14 nitrogen and oxygen atoms in total. The molecule has 0 aromatic carbocycles. The van der Waals surface area contributed by atoms with Crippen molar-refractivity contribution in [1.29, 1.82) is 0 Å². The van der Waals surface area contributed by atoms with Gasteiger partial charge in [-0.3, -0.25) is 19.2 Å². The second-order valence-electron chi connectivity index (χ2n) is 16.8. The summed E-state index contributed by atoms with van der Waals surface area (Å²) in [5.41, 5.74) is -1.32. The highest BCUT2D eigenvalue weighted by molar-refractivity contribution is 7.86. The first-order valence-electron chi connectivity index (χ1n) is 18.9. The van der Waals surface area contributed by atoms with Crippen molar-refractivity contribution in [3.05, 3.63) is 12.7 Å². The minimum Gasteiger partial charge on any atom is -0.346 e. The van der Waals surface area contributed by atoms with Crippen LogP contribution in [0.15, 0.2) is 12.7 Å². The number of Topliss-reactive ketones (excluding diaryl/α,β-unsaturated/α-hetero) is 1. The zero-order valence-electron chi connectivity index (χ0n) is 33.3. The van der Waals surface area contributed by atoms with E-state index in [9.17, 15) is 32.4 Å². The number of carbonyl (C=O) groups excluding carboxylic acids is 5. The first-order chi connectivity index (χ1) is 24.1. The summed E-state index contributed by atoms with van der Waals surface area (Å²) in [6.45, 7) is 22.0. The topological polar surface area (TPSA) is 177 Å². The van der Waals surface area contributed by atoms with Crippen LogP contribution in [0.4, 0.5) is 4.79 Å². The van der Waals surface area contributed by atoms with E-state index in [0.717, 1.165) is 25.7 Å². The van der Waals surface area contributed by atoms with Crippen molar-refractivity contribution in [1.82, 2.24) is 34.8 Å². The summed E-state index contributed by atoms with van der Waals surface area (Å²) >= 11 is 0. The van der Waals surface area contributed by atoms with Gasteiger partial charge < -0.3 is 26.2 Å². The average Bonchev–Trinajstić information content (AvgIpc) is 3.52. The smallest absolute Gasteiger partial charge is 0.315 e. The standard InChI is InChI=1S/C37H67N7O7S/c1-12-14-18-27(30(45)33(47)38-20-13-2)39-32(46)29-26(25(3)4)19-23-44(29)34(48)31(37(8,9)10)41-35(49)40-28(36(5,6)7)24-42(11)52(50,51)43-21-16-15-17-22-43/h13,25-29,31H,2,12,14-24H2,1,3-11H3,(H,38,47)(H,39,46)(H2,40,41,49)/t26-,27?,28-,29+,31-/m1/s1. The number of carbonyl (C=O) groups is 5. The number of nitrogens with one attached hydrogen (secondary N) is 4. The molecule has 0 radical (unpaired) electrons. The number of likely N-dealkylation sites (tertiary alicyclic amines) is 1. The summed E-state index contributed by atoms with van der Waals surface area (Å²) in [6.07, 6.45) is 6.23. The number of amides is 5. The maximum atomic E-state index is 14.5. The number of piperidine rings is 1. The quantitative estimate of drug-likeness (QED) is 0.130. The summed E-state index contributed by atoms with van der Waals surface area (Å²) in [5.74, 6) is -2.73. The van der Waals surface area contributed by atoms with Gasteiger partial charge in [-0.15, -0.1) is 6.58 Å². The number of nitrogens with zero attached hydrogens (tertiary/aromatic N) is 3. The molecule has 15 heteroatoms. The van der Waals surface area contributed by atoms with Crippen molar-refractivity contribution in [2.45, 2.75) is 131 Å². The third-order valence-electron chi connectivity index (χ3n) is 10.2. The van der Waals surface area contributed by atoms with Gasteiger partial charge in [-0.25, -0.2) is 4.79 Å². The number of urea groups is 1. The van der Waals surface area contributed by atoms with E-state index >= 15 is 0 Å².